The van der Waals surface area contributed by atoms with E-state index in [1.54, 1.807) is 0 Å². The molecule has 1 aliphatic rings. The molecule has 2 aromatic carbocycles. The minimum atomic E-state index is -0.00925. The second-order valence-electron chi connectivity index (χ2n) is 13.0. The number of amides is 1. The lowest BCUT2D eigenvalue weighted by atomic mass is 9.88. The largest absolute Gasteiger partial charge is 0.373 e. The Bertz CT molecular complexity index is 1590. The minimum Gasteiger partial charge on any atom is -0.373 e. The van der Waals surface area contributed by atoms with Crippen molar-refractivity contribution in [3.63, 3.8) is 0 Å². The van der Waals surface area contributed by atoms with Gasteiger partial charge in [0.15, 0.2) is 0 Å². The van der Waals surface area contributed by atoms with Gasteiger partial charge in [0.1, 0.15) is 0 Å². The van der Waals surface area contributed by atoms with Crippen molar-refractivity contribution in [2.45, 2.75) is 65.8 Å². The van der Waals surface area contributed by atoms with Crippen LogP contribution in [0.3, 0.4) is 0 Å². The number of benzene rings is 2. The van der Waals surface area contributed by atoms with Crippen molar-refractivity contribution in [2.24, 2.45) is 11.3 Å². The summed E-state index contributed by atoms with van der Waals surface area (Å²) in [7, 11) is 0. The second-order valence-corrected chi connectivity index (χ2v) is 13.0. The highest BCUT2D eigenvalue weighted by molar-refractivity contribution is 5.83. The zero-order chi connectivity index (χ0) is 29.1. The van der Waals surface area contributed by atoms with E-state index in [1.165, 1.54) is 11.1 Å². The summed E-state index contributed by atoms with van der Waals surface area (Å²) >= 11 is 0. The number of hydrogen-bond acceptors (Lipinski definition) is 4. The number of H-pyrrole nitrogens is 2. The number of piperidine rings is 1. The Morgan fingerprint density at radius 1 is 1.17 bits per heavy atom. The fraction of sp³-hybridized carbons (Fsp3) is 0.441. The van der Waals surface area contributed by atoms with Gasteiger partial charge < -0.3 is 14.8 Å². The molecule has 0 saturated carbocycles. The monoisotopic (exact) mass is 553 g/mol. The van der Waals surface area contributed by atoms with E-state index in [-0.39, 0.29) is 28.7 Å². The summed E-state index contributed by atoms with van der Waals surface area (Å²) in [6.07, 6.45) is 6.80. The summed E-state index contributed by atoms with van der Waals surface area (Å²) in [4.78, 5) is 33.4. The molecule has 5 rings (SSSR count). The molecule has 2 N–H and O–H groups in total. The highest BCUT2D eigenvalue weighted by Gasteiger charge is 2.27. The Morgan fingerprint density at radius 3 is 2.66 bits per heavy atom. The lowest BCUT2D eigenvalue weighted by Gasteiger charge is -2.33. The van der Waals surface area contributed by atoms with Crippen LogP contribution >= 0.6 is 0 Å². The highest BCUT2D eigenvalue weighted by Crippen LogP contribution is 2.30. The van der Waals surface area contributed by atoms with Gasteiger partial charge in [-0.05, 0) is 77.4 Å². The summed E-state index contributed by atoms with van der Waals surface area (Å²) in [5.41, 5.74) is 5.38. The standard InChI is InChI=1S/C34H43N5O2/c1-6-38(22-34(3,4)5)21-29-25(11-12-31-28(29)20-35-37-31)17-23(2)18-32(40)39-15-13-24(14-16-39)27-19-26-9-7-8-10-30(26)36-33(27)41/h6-12,19-20,23-24H,1,13-18,21-22H2,2-5H3,(H,35,37)(H,36,41)/t23-/m0/s1. The first-order valence-electron chi connectivity index (χ1n) is 14.8. The van der Waals surface area contributed by atoms with Gasteiger partial charge in [-0.25, -0.2) is 0 Å². The van der Waals surface area contributed by atoms with E-state index in [4.69, 9.17) is 0 Å². The maximum Gasteiger partial charge on any atom is 0.251 e. The predicted molar refractivity (Wildman–Crippen MR) is 167 cm³/mol. The SMILES string of the molecule is C=CN(Cc1c(C[C@H](C)CC(=O)N2CCC(c3cc4ccccc4[nH]c3=O)CC2)ccc2[nH]ncc12)CC(C)(C)C. The van der Waals surface area contributed by atoms with Crippen molar-refractivity contribution >= 4 is 27.7 Å². The first kappa shape index (κ1) is 28.7. The smallest absolute Gasteiger partial charge is 0.251 e. The summed E-state index contributed by atoms with van der Waals surface area (Å²) in [6, 6.07) is 14.2. The lowest BCUT2D eigenvalue weighted by Crippen LogP contribution is -2.39. The number of carbonyl (C=O) groups excluding carboxylic acids is 1. The number of fused-ring (bicyclic) bond motifs is 2. The van der Waals surface area contributed by atoms with Crippen molar-refractivity contribution in [2.75, 3.05) is 19.6 Å². The Labute approximate surface area is 242 Å². The van der Waals surface area contributed by atoms with Gasteiger partial charge in [0.2, 0.25) is 5.91 Å². The number of aromatic nitrogens is 3. The number of carbonyl (C=O) groups is 1. The molecule has 7 nitrogen and oxygen atoms in total. The van der Waals surface area contributed by atoms with Crippen LogP contribution in [-0.2, 0) is 17.8 Å². The zero-order valence-electron chi connectivity index (χ0n) is 24.9. The van der Waals surface area contributed by atoms with Gasteiger partial charge in [-0.2, -0.15) is 5.10 Å². The third-order valence-electron chi connectivity index (χ3n) is 8.29. The Morgan fingerprint density at radius 2 is 1.93 bits per heavy atom. The van der Waals surface area contributed by atoms with E-state index in [1.807, 2.05) is 47.6 Å². The topological polar surface area (TPSA) is 85.1 Å². The fourth-order valence-corrected chi connectivity index (χ4v) is 6.28. The molecule has 1 aliphatic heterocycles. The summed E-state index contributed by atoms with van der Waals surface area (Å²) < 4.78 is 0. The van der Waals surface area contributed by atoms with Crippen LogP contribution in [0.15, 0.2) is 66.2 Å². The van der Waals surface area contributed by atoms with Gasteiger partial charge in [-0.1, -0.05) is 58.5 Å². The number of rotatable bonds is 9. The number of pyridine rings is 1. The van der Waals surface area contributed by atoms with Crippen LogP contribution in [0.25, 0.3) is 21.8 Å². The molecule has 1 amide bonds. The second kappa shape index (κ2) is 11.9. The molecule has 0 bridgehead atoms. The molecule has 7 heteroatoms. The van der Waals surface area contributed by atoms with E-state index in [9.17, 15) is 9.59 Å². The Kier molecular flexibility index (Phi) is 8.34. The highest BCUT2D eigenvalue weighted by atomic mass is 16.2. The van der Waals surface area contributed by atoms with Crippen LogP contribution in [0.1, 0.15) is 69.6 Å². The van der Waals surface area contributed by atoms with Crippen LogP contribution in [0.2, 0.25) is 0 Å². The molecular weight excluding hydrogens is 510 g/mol. The molecule has 0 unspecified atom stereocenters. The number of hydrogen-bond donors (Lipinski definition) is 2. The van der Waals surface area contributed by atoms with Crippen molar-refractivity contribution < 1.29 is 4.79 Å². The number of nitrogens with one attached hydrogen (secondary N) is 2. The van der Waals surface area contributed by atoms with Crippen molar-refractivity contribution in [1.82, 2.24) is 25.0 Å². The fourth-order valence-electron chi connectivity index (χ4n) is 6.28. The van der Waals surface area contributed by atoms with Crippen LogP contribution in [0.5, 0.6) is 0 Å². The first-order chi connectivity index (χ1) is 19.6. The molecule has 1 atom stereocenters. The molecule has 0 spiro atoms. The van der Waals surface area contributed by atoms with Gasteiger partial charge in [0.05, 0.1) is 11.7 Å². The summed E-state index contributed by atoms with van der Waals surface area (Å²) in [5, 5.41) is 9.59. The number of aromatic amines is 2. The van der Waals surface area contributed by atoms with Gasteiger partial charge in [-0.3, -0.25) is 14.7 Å². The molecule has 2 aromatic heterocycles. The summed E-state index contributed by atoms with van der Waals surface area (Å²) in [6.45, 7) is 16.0. The molecule has 3 heterocycles. The van der Waals surface area contributed by atoms with E-state index in [0.29, 0.717) is 19.5 Å². The molecule has 0 aliphatic carbocycles. The molecule has 4 aromatic rings. The van der Waals surface area contributed by atoms with E-state index in [0.717, 1.165) is 59.7 Å². The normalized spacial score (nSPS) is 15.4. The van der Waals surface area contributed by atoms with Gasteiger partial charge in [-0.15, -0.1) is 0 Å². The third-order valence-corrected chi connectivity index (χ3v) is 8.29. The quantitative estimate of drug-likeness (QED) is 0.252. The molecule has 0 radical (unpaired) electrons. The van der Waals surface area contributed by atoms with Gasteiger partial charge in [0, 0.05) is 49.1 Å². The van der Waals surface area contributed by atoms with Crippen LogP contribution in [-0.4, -0.2) is 50.5 Å². The molecule has 1 saturated heterocycles. The van der Waals surface area contributed by atoms with Crippen molar-refractivity contribution in [1.29, 1.82) is 0 Å². The predicted octanol–water partition coefficient (Wildman–Crippen LogP) is 6.37. The first-order valence-corrected chi connectivity index (χ1v) is 14.8. The number of nitrogens with zero attached hydrogens (tertiary/aromatic N) is 3. The van der Waals surface area contributed by atoms with E-state index >= 15 is 0 Å². The van der Waals surface area contributed by atoms with E-state index in [2.05, 4.69) is 66.5 Å². The maximum atomic E-state index is 13.3. The zero-order valence-corrected chi connectivity index (χ0v) is 24.9. The lowest BCUT2D eigenvalue weighted by molar-refractivity contribution is -0.133. The van der Waals surface area contributed by atoms with Crippen molar-refractivity contribution in [3.8, 4) is 0 Å². The molecule has 216 valence electrons. The van der Waals surface area contributed by atoms with Gasteiger partial charge >= 0.3 is 0 Å². The molecule has 1 fully saturated rings. The average molecular weight is 554 g/mol. The molecular formula is C34H43N5O2. The molecule has 41 heavy (non-hydrogen) atoms. The summed E-state index contributed by atoms with van der Waals surface area (Å²) in [5.74, 6) is 0.580. The van der Waals surface area contributed by atoms with Crippen molar-refractivity contribution in [3.05, 3.63) is 88.5 Å². The number of likely N-dealkylation sites (tertiary alicyclic amines) is 1. The Hall–Kier alpha value is -3.87. The van der Waals surface area contributed by atoms with Gasteiger partial charge in [0.25, 0.3) is 5.56 Å². The van der Waals surface area contributed by atoms with Crippen LogP contribution < -0.4 is 5.56 Å². The van der Waals surface area contributed by atoms with Crippen LogP contribution in [0, 0.1) is 11.3 Å². The minimum absolute atomic E-state index is 0.00925. The third kappa shape index (κ3) is 6.72. The number of para-hydroxylation sites is 1. The Balaban J connectivity index is 1.22. The average Bonchev–Trinajstić information content (AvgIpc) is 3.42. The van der Waals surface area contributed by atoms with Crippen LogP contribution in [0.4, 0.5) is 0 Å². The van der Waals surface area contributed by atoms with E-state index < -0.39 is 0 Å². The maximum absolute atomic E-state index is 13.3.